The lowest BCUT2D eigenvalue weighted by molar-refractivity contribution is -0.119. The molecular formula is C24H29NO6. The summed E-state index contributed by atoms with van der Waals surface area (Å²) in [6.07, 6.45) is 4.51. The Hall–Kier alpha value is -3.35. The van der Waals surface area contributed by atoms with Crippen molar-refractivity contribution in [3.8, 4) is 5.75 Å². The summed E-state index contributed by atoms with van der Waals surface area (Å²) < 4.78 is 15.6. The number of rotatable bonds is 12. The van der Waals surface area contributed by atoms with Crippen molar-refractivity contribution in [1.29, 1.82) is 0 Å². The molecule has 0 spiro atoms. The summed E-state index contributed by atoms with van der Waals surface area (Å²) in [7, 11) is 0. The predicted molar refractivity (Wildman–Crippen MR) is 117 cm³/mol. The van der Waals surface area contributed by atoms with Crippen molar-refractivity contribution in [1.82, 2.24) is 0 Å². The van der Waals surface area contributed by atoms with Gasteiger partial charge in [-0.1, -0.05) is 26.2 Å². The molecule has 7 nitrogen and oxygen atoms in total. The van der Waals surface area contributed by atoms with Crippen LogP contribution in [-0.2, 0) is 14.3 Å². The van der Waals surface area contributed by atoms with Crippen LogP contribution >= 0.6 is 0 Å². The molecule has 0 saturated carbocycles. The zero-order valence-corrected chi connectivity index (χ0v) is 18.0. The van der Waals surface area contributed by atoms with Crippen molar-refractivity contribution in [2.75, 3.05) is 25.1 Å². The number of benzene rings is 2. The van der Waals surface area contributed by atoms with Crippen molar-refractivity contribution < 1.29 is 28.6 Å². The number of esters is 2. The molecule has 0 heterocycles. The molecular weight excluding hydrogens is 398 g/mol. The molecule has 31 heavy (non-hydrogen) atoms. The number of amides is 1. The third-order valence-corrected chi connectivity index (χ3v) is 4.37. The average Bonchev–Trinajstić information content (AvgIpc) is 2.78. The summed E-state index contributed by atoms with van der Waals surface area (Å²) in [6.45, 7) is 4.40. The highest BCUT2D eigenvalue weighted by molar-refractivity contribution is 5.96. The standard InChI is InChI=1S/C24H29NO6/c1-3-5-6-7-16-30-21-14-10-19(11-15-21)24(28)31-17-22(26)25-20-12-8-18(9-13-20)23(27)29-4-2/h8-15H,3-7,16-17H2,1-2H3,(H,25,26). The highest BCUT2D eigenvalue weighted by Gasteiger charge is 2.11. The van der Waals surface area contributed by atoms with Gasteiger partial charge in [0.15, 0.2) is 6.61 Å². The van der Waals surface area contributed by atoms with Crippen molar-refractivity contribution in [3.63, 3.8) is 0 Å². The van der Waals surface area contributed by atoms with Crippen molar-refractivity contribution >= 4 is 23.5 Å². The van der Waals surface area contributed by atoms with Crippen LogP contribution in [0.4, 0.5) is 5.69 Å². The molecule has 0 atom stereocenters. The normalized spacial score (nSPS) is 10.3. The average molecular weight is 427 g/mol. The van der Waals surface area contributed by atoms with E-state index in [4.69, 9.17) is 14.2 Å². The Kier molecular flexibility index (Phi) is 10.1. The van der Waals surface area contributed by atoms with E-state index < -0.39 is 24.5 Å². The van der Waals surface area contributed by atoms with Gasteiger partial charge < -0.3 is 19.5 Å². The molecule has 0 aliphatic carbocycles. The summed E-state index contributed by atoms with van der Waals surface area (Å²) in [4.78, 5) is 35.8. The Morgan fingerprint density at radius 1 is 0.774 bits per heavy atom. The van der Waals surface area contributed by atoms with Gasteiger partial charge in [0.2, 0.25) is 0 Å². The first kappa shape index (κ1) is 23.9. The van der Waals surface area contributed by atoms with Gasteiger partial charge in [-0.3, -0.25) is 4.79 Å². The fraction of sp³-hybridized carbons (Fsp3) is 0.375. The van der Waals surface area contributed by atoms with E-state index >= 15 is 0 Å². The maximum Gasteiger partial charge on any atom is 0.338 e. The quantitative estimate of drug-likeness (QED) is 0.393. The molecule has 166 valence electrons. The van der Waals surface area contributed by atoms with Crippen molar-refractivity contribution in [2.45, 2.75) is 39.5 Å². The number of hydrogen-bond acceptors (Lipinski definition) is 6. The van der Waals surface area contributed by atoms with Crippen molar-refractivity contribution in [2.24, 2.45) is 0 Å². The first-order valence-electron chi connectivity index (χ1n) is 10.5. The van der Waals surface area contributed by atoms with Crippen molar-refractivity contribution in [3.05, 3.63) is 59.7 Å². The number of nitrogens with one attached hydrogen (secondary N) is 1. The maximum absolute atomic E-state index is 12.1. The van der Waals surface area contributed by atoms with Gasteiger partial charge in [-0.05, 0) is 61.9 Å². The number of ether oxygens (including phenoxy) is 3. The van der Waals surface area contributed by atoms with Gasteiger partial charge in [0.1, 0.15) is 5.75 Å². The Morgan fingerprint density at radius 3 is 2.00 bits per heavy atom. The van der Waals surface area contributed by atoms with Crippen LogP contribution in [0.25, 0.3) is 0 Å². The molecule has 0 aliphatic heterocycles. The molecule has 0 saturated heterocycles. The number of unbranched alkanes of at least 4 members (excludes halogenated alkanes) is 3. The third-order valence-electron chi connectivity index (χ3n) is 4.37. The molecule has 2 rings (SSSR count). The van der Waals surface area contributed by atoms with Gasteiger partial charge in [0.05, 0.1) is 24.3 Å². The van der Waals surface area contributed by atoms with Gasteiger partial charge in [-0.15, -0.1) is 0 Å². The van der Waals surface area contributed by atoms with Crippen LogP contribution in [0.5, 0.6) is 5.75 Å². The Morgan fingerprint density at radius 2 is 1.39 bits per heavy atom. The third kappa shape index (κ3) is 8.50. The minimum absolute atomic E-state index is 0.289. The van der Waals surface area contributed by atoms with E-state index in [2.05, 4.69) is 12.2 Å². The summed E-state index contributed by atoms with van der Waals surface area (Å²) in [5.74, 6) is -0.814. The Balaban J connectivity index is 1.75. The lowest BCUT2D eigenvalue weighted by atomic mass is 10.2. The zero-order chi connectivity index (χ0) is 22.5. The minimum atomic E-state index is -0.595. The molecule has 0 radical (unpaired) electrons. The molecule has 0 unspecified atom stereocenters. The molecule has 0 fully saturated rings. The fourth-order valence-electron chi connectivity index (χ4n) is 2.72. The van der Waals surface area contributed by atoms with Crippen LogP contribution in [0, 0.1) is 0 Å². The minimum Gasteiger partial charge on any atom is -0.494 e. The first-order chi connectivity index (χ1) is 15.0. The number of hydrogen-bond donors (Lipinski definition) is 1. The van der Waals surface area contributed by atoms with Crippen LogP contribution in [-0.4, -0.2) is 37.7 Å². The fourth-order valence-corrected chi connectivity index (χ4v) is 2.72. The molecule has 1 amide bonds. The SMILES string of the molecule is CCCCCCOc1ccc(C(=O)OCC(=O)Nc2ccc(C(=O)OCC)cc2)cc1. The molecule has 0 aromatic heterocycles. The van der Waals surface area contributed by atoms with E-state index in [1.807, 2.05) is 0 Å². The molecule has 2 aromatic carbocycles. The molecule has 0 aliphatic rings. The van der Waals surface area contributed by atoms with Crippen LogP contribution in [0.2, 0.25) is 0 Å². The largest absolute Gasteiger partial charge is 0.494 e. The van der Waals surface area contributed by atoms with E-state index in [0.717, 1.165) is 12.8 Å². The zero-order valence-electron chi connectivity index (χ0n) is 18.0. The summed E-state index contributed by atoms with van der Waals surface area (Å²) in [5, 5.41) is 2.61. The van der Waals surface area contributed by atoms with Gasteiger partial charge in [-0.25, -0.2) is 9.59 Å². The Labute approximate surface area is 182 Å². The van der Waals surface area contributed by atoms with E-state index in [0.29, 0.717) is 29.2 Å². The lowest BCUT2D eigenvalue weighted by Crippen LogP contribution is -2.21. The molecule has 2 aromatic rings. The number of carbonyl (C=O) groups is 3. The number of anilines is 1. The first-order valence-corrected chi connectivity index (χ1v) is 10.5. The Bertz CT molecular complexity index is 845. The molecule has 0 bridgehead atoms. The van der Waals surface area contributed by atoms with E-state index in [-0.39, 0.29) is 6.61 Å². The maximum atomic E-state index is 12.1. The van der Waals surface area contributed by atoms with Gasteiger partial charge in [-0.2, -0.15) is 0 Å². The van der Waals surface area contributed by atoms with Gasteiger partial charge in [0.25, 0.3) is 5.91 Å². The predicted octanol–water partition coefficient (Wildman–Crippen LogP) is 4.62. The summed E-state index contributed by atoms with van der Waals surface area (Å²) in [6, 6.07) is 12.9. The highest BCUT2D eigenvalue weighted by atomic mass is 16.5. The van der Waals surface area contributed by atoms with E-state index in [1.54, 1.807) is 55.5 Å². The monoisotopic (exact) mass is 427 g/mol. The molecule has 1 N–H and O–H groups in total. The lowest BCUT2D eigenvalue weighted by Gasteiger charge is -2.09. The molecule has 7 heteroatoms. The van der Waals surface area contributed by atoms with Crippen LogP contribution in [0.3, 0.4) is 0 Å². The second-order valence-corrected chi connectivity index (χ2v) is 6.86. The van der Waals surface area contributed by atoms with Crippen LogP contribution in [0.15, 0.2) is 48.5 Å². The smallest absolute Gasteiger partial charge is 0.338 e. The van der Waals surface area contributed by atoms with Gasteiger partial charge >= 0.3 is 11.9 Å². The van der Waals surface area contributed by atoms with Crippen LogP contribution < -0.4 is 10.1 Å². The van der Waals surface area contributed by atoms with E-state index in [1.165, 1.54) is 12.8 Å². The van der Waals surface area contributed by atoms with Gasteiger partial charge in [0, 0.05) is 5.69 Å². The van der Waals surface area contributed by atoms with E-state index in [9.17, 15) is 14.4 Å². The second-order valence-electron chi connectivity index (χ2n) is 6.86. The van der Waals surface area contributed by atoms with Crippen LogP contribution in [0.1, 0.15) is 60.2 Å². The number of carbonyl (C=O) groups excluding carboxylic acids is 3. The summed E-state index contributed by atoms with van der Waals surface area (Å²) in [5.41, 5.74) is 1.21. The highest BCUT2D eigenvalue weighted by Crippen LogP contribution is 2.14. The summed E-state index contributed by atoms with van der Waals surface area (Å²) >= 11 is 0. The second kappa shape index (κ2) is 13.1. The topological polar surface area (TPSA) is 90.9 Å².